The molecule has 0 saturated carbocycles. The van der Waals surface area contributed by atoms with Crippen molar-refractivity contribution in [1.29, 1.82) is 0 Å². The van der Waals surface area contributed by atoms with Crippen LogP contribution in [-0.2, 0) is 16.0 Å². The molecule has 4 amide bonds. The molecule has 1 aliphatic heterocycles. The number of aryl methyl sites for hydroxylation is 1. The number of amides is 4. The number of anilines is 1. The summed E-state index contributed by atoms with van der Waals surface area (Å²) in [4.78, 5) is 39.6. The predicted octanol–water partition coefficient (Wildman–Crippen LogP) is 6.67. The smallest absolute Gasteiger partial charge is 0.335 e. The molecule has 3 aromatic rings. The van der Waals surface area contributed by atoms with Crippen molar-refractivity contribution in [3.63, 3.8) is 0 Å². The number of rotatable bonds is 6. The number of benzene rings is 3. The zero-order valence-corrected chi connectivity index (χ0v) is 23.9. The number of nitrogens with zero attached hydrogens (tertiary/aromatic N) is 1. The van der Waals surface area contributed by atoms with Gasteiger partial charge in [0.2, 0.25) is 0 Å². The molecular weight excluding hydrogens is 659 g/mol. The molecule has 1 aliphatic rings. The summed E-state index contributed by atoms with van der Waals surface area (Å²) in [6.07, 6.45) is 2.12. The summed E-state index contributed by atoms with van der Waals surface area (Å²) in [5, 5.41) is 2.63. The third kappa shape index (κ3) is 5.50. The Bertz CT molecular complexity index is 1420. The van der Waals surface area contributed by atoms with E-state index in [1.54, 1.807) is 25.1 Å². The molecule has 184 valence electrons. The maximum atomic E-state index is 13.4. The third-order valence-corrected chi connectivity index (χ3v) is 7.60. The SMILES string of the molecule is CCOc1cc(/C=C2\C(=O)NC(=O)N(c3cc(Cl)ccc3C)C2=O)cc(I)c1Cc1ccccc1Br. The van der Waals surface area contributed by atoms with Gasteiger partial charge in [0.1, 0.15) is 11.3 Å². The van der Waals surface area contributed by atoms with E-state index in [1.165, 1.54) is 12.1 Å². The topological polar surface area (TPSA) is 75.7 Å². The van der Waals surface area contributed by atoms with E-state index in [9.17, 15) is 14.4 Å². The zero-order chi connectivity index (χ0) is 26.0. The molecule has 0 aliphatic carbocycles. The van der Waals surface area contributed by atoms with E-state index in [-0.39, 0.29) is 5.57 Å². The summed E-state index contributed by atoms with van der Waals surface area (Å²) in [7, 11) is 0. The first kappa shape index (κ1) is 26.4. The van der Waals surface area contributed by atoms with Crippen molar-refractivity contribution in [3.8, 4) is 5.75 Å². The molecule has 9 heteroatoms. The van der Waals surface area contributed by atoms with Gasteiger partial charge in [-0.25, -0.2) is 9.69 Å². The van der Waals surface area contributed by atoms with Crippen LogP contribution in [0.3, 0.4) is 0 Å². The number of carbonyl (C=O) groups is 3. The van der Waals surface area contributed by atoms with Crippen molar-refractivity contribution in [1.82, 2.24) is 5.32 Å². The number of imide groups is 2. The Morgan fingerprint density at radius 2 is 1.86 bits per heavy atom. The minimum atomic E-state index is -0.819. The average Bonchev–Trinajstić information content (AvgIpc) is 2.82. The van der Waals surface area contributed by atoms with Crippen LogP contribution in [0.15, 0.2) is 64.6 Å². The number of urea groups is 1. The lowest BCUT2D eigenvalue weighted by Gasteiger charge is -2.27. The lowest BCUT2D eigenvalue weighted by Crippen LogP contribution is -2.54. The van der Waals surface area contributed by atoms with Crippen LogP contribution in [0.4, 0.5) is 10.5 Å². The molecule has 6 nitrogen and oxygen atoms in total. The van der Waals surface area contributed by atoms with E-state index < -0.39 is 17.8 Å². The highest BCUT2D eigenvalue weighted by Crippen LogP contribution is 2.33. The summed E-state index contributed by atoms with van der Waals surface area (Å²) >= 11 is 11.9. The molecule has 0 aromatic heterocycles. The van der Waals surface area contributed by atoms with Gasteiger partial charge in [-0.05, 0) is 89.5 Å². The molecule has 0 radical (unpaired) electrons. The van der Waals surface area contributed by atoms with Crippen molar-refractivity contribution >= 4 is 79.7 Å². The number of nitrogens with one attached hydrogen (secondary N) is 1. The van der Waals surface area contributed by atoms with Crippen molar-refractivity contribution in [3.05, 3.63) is 95.5 Å². The fourth-order valence-electron chi connectivity index (χ4n) is 3.87. The van der Waals surface area contributed by atoms with Crippen LogP contribution in [0.25, 0.3) is 6.08 Å². The highest BCUT2D eigenvalue weighted by atomic mass is 127. The summed E-state index contributed by atoms with van der Waals surface area (Å²) in [6, 6.07) is 15.7. The normalized spacial score (nSPS) is 14.9. The summed E-state index contributed by atoms with van der Waals surface area (Å²) in [5.74, 6) is -0.820. The van der Waals surface area contributed by atoms with Crippen LogP contribution in [-0.4, -0.2) is 24.5 Å². The van der Waals surface area contributed by atoms with E-state index >= 15 is 0 Å². The fourth-order valence-corrected chi connectivity index (χ4v) is 5.28. The first-order chi connectivity index (χ1) is 17.2. The molecule has 1 heterocycles. The van der Waals surface area contributed by atoms with Crippen LogP contribution in [0.2, 0.25) is 5.02 Å². The van der Waals surface area contributed by atoms with Gasteiger partial charge in [0, 0.05) is 25.0 Å². The van der Waals surface area contributed by atoms with Crippen molar-refractivity contribution in [2.75, 3.05) is 11.5 Å². The quantitative estimate of drug-likeness (QED) is 0.180. The number of carbonyl (C=O) groups excluding carboxylic acids is 3. The molecule has 1 saturated heterocycles. The molecule has 0 unspecified atom stereocenters. The second kappa shape index (κ2) is 11.1. The van der Waals surface area contributed by atoms with Gasteiger partial charge in [0.25, 0.3) is 11.8 Å². The highest BCUT2D eigenvalue weighted by Gasteiger charge is 2.37. The Morgan fingerprint density at radius 3 is 2.58 bits per heavy atom. The van der Waals surface area contributed by atoms with Gasteiger partial charge in [0.05, 0.1) is 12.3 Å². The summed E-state index contributed by atoms with van der Waals surface area (Å²) < 4.78 is 7.86. The van der Waals surface area contributed by atoms with Gasteiger partial charge >= 0.3 is 6.03 Å². The first-order valence-corrected chi connectivity index (χ1v) is 13.3. The molecule has 0 bridgehead atoms. The largest absolute Gasteiger partial charge is 0.494 e. The lowest BCUT2D eigenvalue weighted by atomic mass is 10.0. The Morgan fingerprint density at radius 1 is 1.11 bits per heavy atom. The number of barbiturate groups is 1. The van der Waals surface area contributed by atoms with Crippen molar-refractivity contribution in [2.45, 2.75) is 20.3 Å². The predicted molar refractivity (Wildman–Crippen MR) is 152 cm³/mol. The molecule has 36 heavy (non-hydrogen) atoms. The molecular formula is C27H21BrClIN2O4. The van der Waals surface area contributed by atoms with Crippen molar-refractivity contribution < 1.29 is 19.1 Å². The molecule has 1 fully saturated rings. The zero-order valence-electron chi connectivity index (χ0n) is 19.4. The van der Waals surface area contributed by atoms with Gasteiger partial charge in [-0.2, -0.15) is 0 Å². The molecule has 0 atom stereocenters. The Balaban J connectivity index is 1.75. The molecule has 0 spiro atoms. The van der Waals surface area contributed by atoms with Gasteiger partial charge < -0.3 is 4.74 Å². The van der Waals surface area contributed by atoms with E-state index in [0.717, 1.165) is 24.1 Å². The first-order valence-electron chi connectivity index (χ1n) is 11.1. The Kier molecular flexibility index (Phi) is 8.17. The molecule has 1 N–H and O–H groups in total. The van der Waals surface area contributed by atoms with E-state index in [0.29, 0.717) is 40.6 Å². The number of hydrogen-bond donors (Lipinski definition) is 1. The third-order valence-electron chi connectivity index (χ3n) is 5.63. The second-order valence-corrected chi connectivity index (χ2v) is 10.5. The Labute approximate surface area is 235 Å². The van der Waals surface area contributed by atoms with Gasteiger partial charge in [-0.1, -0.05) is 51.8 Å². The van der Waals surface area contributed by atoms with Crippen LogP contribution in [0.5, 0.6) is 5.75 Å². The monoisotopic (exact) mass is 678 g/mol. The van der Waals surface area contributed by atoms with E-state index in [4.69, 9.17) is 16.3 Å². The molecule has 4 rings (SSSR count). The van der Waals surface area contributed by atoms with E-state index in [2.05, 4.69) is 43.8 Å². The van der Waals surface area contributed by atoms with Gasteiger partial charge in [-0.3, -0.25) is 14.9 Å². The van der Waals surface area contributed by atoms with Gasteiger partial charge in [-0.15, -0.1) is 0 Å². The lowest BCUT2D eigenvalue weighted by molar-refractivity contribution is -0.122. The minimum Gasteiger partial charge on any atom is -0.494 e. The summed E-state index contributed by atoms with van der Waals surface area (Å²) in [6.45, 7) is 4.11. The standard InChI is InChI=1S/C27H21BrClIN2O4/c1-3-36-24-12-16(11-22(30)19(24)13-17-6-4-5-7-21(17)28)10-20-25(33)31-27(35)32(26(20)34)23-14-18(29)9-8-15(23)2/h4-12,14H,3,13H2,1-2H3,(H,31,33,35)/b20-10+. The average molecular weight is 680 g/mol. The minimum absolute atomic E-state index is 0.161. The number of ether oxygens (including phenoxy) is 1. The molecule has 3 aromatic carbocycles. The van der Waals surface area contributed by atoms with E-state index in [1.807, 2.05) is 37.3 Å². The Hall–Kier alpha value is -2.69. The number of halogens is 3. The maximum absolute atomic E-state index is 13.4. The van der Waals surface area contributed by atoms with Crippen LogP contribution in [0.1, 0.15) is 29.2 Å². The maximum Gasteiger partial charge on any atom is 0.335 e. The van der Waals surface area contributed by atoms with Crippen LogP contribution in [0, 0.1) is 10.5 Å². The van der Waals surface area contributed by atoms with Crippen LogP contribution >= 0.6 is 50.1 Å². The van der Waals surface area contributed by atoms with Crippen molar-refractivity contribution in [2.24, 2.45) is 0 Å². The van der Waals surface area contributed by atoms with Crippen LogP contribution < -0.4 is 15.0 Å². The fraction of sp³-hybridized carbons (Fsp3) is 0.148. The number of hydrogen-bond acceptors (Lipinski definition) is 4. The summed E-state index contributed by atoms with van der Waals surface area (Å²) in [5.41, 5.74) is 3.53. The highest BCUT2D eigenvalue weighted by molar-refractivity contribution is 14.1. The van der Waals surface area contributed by atoms with Gasteiger partial charge in [0.15, 0.2) is 0 Å². The second-order valence-electron chi connectivity index (χ2n) is 8.07.